The summed E-state index contributed by atoms with van der Waals surface area (Å²) < 4.78 is 19.9. The minimum absolute atomic E-state index is 0.121. The lowest BCUT2D eigenvalue weighted by atomic mass is 10.1. The lowest BCUT2D eigenvalue weighted by molar-refractivity contribution is 0.471. The monoisotopic (exact) mass is 295 g/mol. The summed E-state index contributed by atoms with van der Waals surface area (Å²) >= 11 is 5.84. The van der Waals surface area contributed by atoms with Crippen molar-refractivity contribution in [1.82, 2.24) is 5.32 Å². The van der Waals surface area contributed by atoms with Crippen molar-refractivity contribution in [3.8, 4) is 0 Å². The van der Waals surface area contributed by atoms with Crippen LogP contribution in [0.15, 0.2) is 16.5 Å². The van der Waals surface area contributed by atoms with Gasteiger partial charge in [-0.25, -0.2) is 4.39 Å². The zero-order chi connectivity index (χ0) is 14.3. The number of fused-ring (bicyclic) bond motifs is 1. The van der Waals surface area contributed by atoms with Crippen LogP contribution in [0.4, 0.5) is 4.39 Å². The number of halogens is 2. The van der Waals surface area contributed by atoms with Crippen molar-refractivity contribution in [2.45, 2.75) is 39.2 Å². The molecular weight excluding hydrogens is 277 g/mol. The standard InChI is InChI=1S/C16H19ClFNO/c1-9(2)7-19-8-13-14(10-3-4-10)11-5-6-12(17)15(18)16(11)20-13/h5-6,9-10,19H,3-4,7-8H2,1-2H3. The third-order valence-corrected chi connectivity index (χ3v) is 3.98. The summed E-state index contributed by atoms with van der Waals surface area (Å²) in [6.45, 7) is 5.89. The van der Waals surface area contributed by atoms with Crippen molar-refractivity contribution in [2.24, 2.45) is 5.92 Å². The van der Waals surface area contributed by atoms with Gasteiger partial charge in [-0.2, -0.15) is 0 Å². The van der Waals surface area contributed by atoms with Gasteiger partial charge in [0.1, 0.15) is 5.76 Å². The van der Waals surface area contributed by atoms with E-state index in [-0.39, 0.29) is 5.02 Å². The third-order valence-electron chi connectivity index (χ3n) is 3.69. The first-order valence-corrected chi connectivity index (χ1v) is 7.55. The molecule has 1 saturated carbocycles. The Morgan fingerprint density at radius 2 is 2.15 bits per heavy atom. The molecule has 1 aliphatic rings. The third kappa shape index (κ3) is 2.57. The van der Waals surface area contributed by atoms with Crippen LogP contribution in [0.2, 0.25) is 5.02 Å². The highest BCUT2D eigenvalue weighted by Crippen LogP contribution is 2.47. The fraction of sp³-hybridized carbons (Fsp3) is 0.500. The topological polar surface area (TPSA) is 25.2 Å². The molecule has 1 aliphatic carbocycles. The van der Waals surface area contributed by atoms with Crippen LogP contribution < -0.4 is 5.32 Å². The van der Waals surface area contributed by atoms with Crippen LogP contribution >= 0.6 is 11.6 Å². The lowest BCUT2D eigenvalue weighted by Crippen LogP contribution is -2.19. The summed E-state index contributed by atoms with van der Waals surface area (Å²) in [5.41, 5.74) is 1.48. The molecule has 0 aliphatic heterocycles. The number of hydrogen-bond acceptors (Lipinski definition) is 2. The second kappa shape index (κ2) is 5.38. The predicted octanol–water partition coefficient (Wildman–Crippen LogP) is 4.85. The van der Waals surface area contributed by atoms with Crippen molar-refractivity contribution in [3.05, 3.63) is 34.3 Å². The SMILES string of the molecule is CC(C)CNCc1oc2c(F)c(Cl)ccc2c1C1CC1. The molecule has 0 radical (unpaired) electrons. The van der Waals surface area contributed by atoms with Gasteiger partial charge in [0, 0.05) is 10.9 Å². The van der Waals surface area contributed by atoms with E-state index in [1.807, 2.05) is 6.07 Å². The van der Waals surface area contributed by atoms with Crippen molar-refractivity contribution in [3.63, 3.8) is 0 Å². The predicted molar refractivity (Wildman–Crippen MR) is 79.7 cm³/mol. The summed E-state index contributed by atoms with van der Waals surface area (Å²) in [6, 6.07) is 3.50. The number of nitrogens with one attached hydrogen (secondary N) is 1. The van der Waals surface area contributed by atoms with Gasteiger partial charge >= 0.3 is 0 Å². The van der Waals surface area contributed by atoms with Crippen molar-refractivity contribution >= 4 is 22.6 Å². The van der Waals surface area contributed by atoms with E-state index in [0.29, 0.717) is 24.0 Å². The first kappa shape index (κ1) is 13.9. The van der Waals surface area contributed by atoms with Gasteiger partial charge in [-0.1, -0.05) is 25.4 Å². The fourth-order valence-electron chi connectivity index (χ4n) is 2.60. The molecule has 2 nitrogen and oxygen atoms in total. The molecule has 1 aromatic carbocycles. The summed E-state index contributed by atoms with van der Waals surface area (Å²) in [7, 11) is 0. The maximum atomic E-state index is 14.1. The largest absolute Gasteiger partial charge is 0.456 e. The molecule has 0 bridgehead atoms. The molecular formula is C16H19ClFNO. The summed E-state index contributed by atoms with van der Waals surface area (Å²) in [4.78, 5) is 0. The highest BCUT2D eigenvalue weighted by molar-refractivity contribution is 6.31. The molecule has 20 heavy (non-hydrogen) atoms. The van der Waals surface area contributed by atoms with Gasteiger partial charge in [0.05, 0.1) is 11.6 Å². The van der Waals surface area contributed by atoms with Gasteiger partial charge in [-0.15, -0.1) is 0 Å². The maximum Gasteiger partial charge on any atom is 0.184 e. The Hall–Kier alpha value is -1.06. The summed E-state index contributed by atoms with van der Waals surface area (Å²) in [5, 5.41) is 4.38. The molecule has 0 atom stereocenters. The van der Waals surface area contributed by atoms with Crippen molar-refractivity contribution in [1.29, 1.82) is 0 Å². The normalized spacial score (nSPS) is 15.4. The Labute approximate surface area is 123 Å². The molecule has 2 aromatic rings. The van der Waals surface area contributed by atoms with Gasteiger partial charge < -0.3 is 9.73 Å². The zero-order valence-corrected chi connectivity index (χ0v) is 12.6. The molecule has 1 N–H and O–H groups in total. The lowest BCUT2D eigenvalue weighted by Gasteiger charge is -2.06. The van der Waals surface area contributed by atoms with Crippen LogP contribution in [-0.4, -0.2) is 6.54 Å². The van der Waals surface area contributed by atoms with E-state index in [0.717, 1.165) is 30.5 Å². The first-order chi connectivity index (χ1) is 9.58. The Morgan fingerprint density at radius 1 is 1.40 bits per heavy atom. The smallest absolute Gasteiger partial charge is 0.184 e. The molecule has 1 aromatic heterocycles. The van der Waals surface area contributed by atoms with Gasteiger partial charge in [-0.05, 0) is 43.4 Å². The molecule has 0 unspecified atom stereocenters. The van der Waals surface area contributed by atoms with E-state index in [4.69, 9.17) is 16.0 Å². The molecule has 0 spiro atoms. The van der Waals surface area contributed by atoms with Crippen molar-refractivity contribution < 1.29 is 8.81 Å². The second-order valence-electron chi connectivity index (χ2n) is 5.98. The number of rotatable bonds is 5. The second-order valence-corrected chi connectivity index (χ2v) is 6.38. The zero-order valence-electron chi connectivity index (χ0n) is 11.8. The molecule has 1 heterocycles. The number of furan rings is 1. The Bertz CT molecular complexity index is 631. The van der Waals surface area contributed by atoms with Gasteiger partial charge in [-0.3, -0.25) is 0 Å². The van der Waals surface area contributed by atoms with Crippen LogP contribution in [0, 0.1) is 11.7 Å². The molecule has 108 valence electrons. The number of hydrogen-bond donors (Lipinski definition) is 1. The van der Waals surface area contributed by atoms with E-state index in [1.54, 1.807) is 6.07 Å². The average Bonchev–Trinajstić information content (AvgIpc) is 3.16. The van der Waals surface area contributed by atoms with Crippen LogP contribution in [0.1, 0.15) is 43.9 Å². The summed E-state index contributed by atoms with van der Waals surface area (Å²) in [6.07, 6.45) is 2.33. The van der Waals surface area contributed by atoms with E-state index in [1.165, 1.54) is 5.56 Å². The Morgan fingerprint density at radius 3 is 2.80 bits per heavy atom. The first-order valence-electron chi connectivity index (χ1n) is 7.18. The molecule has 4 heteroatoms. The van der Waals surface area contributed by atoms with E-state index >= 15 is 0 Å². The quantitative estimate of drug-likeness (QED) is 0.853. The van der Waals surface area contributed by atoms with E-state index < -0.39 is 5.82 Å². The van der Waals surface area contributed by atoms with Crippen molar-refractivity contribution in [2.75, 3.05) is 6.54 Å². The molecule has 0 saturated heterocycles. The Balaban J connectivity index is 1.98. The number of benzene rings is 1. The van der Waals surface area contributed by atoms with Gasteiger partial charge in [0.2, 0.25) is 0 Å². The minimum atomic E-state index is -0.443. The fourth-order valence-corrected chi connectivity index (χ4v) is 2.75. The molecule has 3 rings (SSSR count). The van der Waals surface area contributed by atoms with Crippen LogP contribution in [0.5, 0.6) is 0 Å². The average molecular weight is 296 g/mol. The molecule has 0 amide bonds. The Kier molecular flexibility index (Phi) is 3.74. The highest BCUT2D eigenvalue weighted by atomic mass is 35.5. The van der Waals surface area contributed by atoms with E-state index in [2.05, 4.69) is 19.2 Å². The van der Waals surface area contributed by atoms with Crippen LogP contribution in [0.25, 0.3) is 11.0 Å². The minimum Gasteiger partial charge on any atom is -0.456 e. The maximum absolute atomic E-state index is 14.1. The van der Waals surface area contributed by atoms with E-state index in [9.17, 15) is 4.39 Å². The van der Waals surface area contributed by atoms with Crippen LogP contribution in [-0.2, 0) is 6.54 Å². The van der Waals surface area contributed by atoms with Gasteiger partial charge in [0.15, 0.2) is 11.4 Å². The summed E-state index contributed by atoms with van der Waals surface area (Å²) in [5.74, 6) is 1.52. The van der Waals surface area contributed by atoms with Gasteiger partial charge in [0.25, 0.3) is 0 Å². The highest BCUT2D eigenvalue weighted by Gasteiger charge is 2.31. The molecule has 1 fully saturated rings. The van der Waals surface area contributed by atoms with Crippen LogP contribution in [0.3, 0.4) is 0 Å².